The lowest BCUT2D eigenvalue weighted by Crippen LogP contribution is -2.43. The van der Waals surface area contributed by atoms with Crippen molar-refractivity contribution in [2.45, 2.75) is 57.8 Å². The number of hydrogen-bond acceptors (Lipinski definition) is 5. The van der Waals surface area contributed by atoms with E-state index in [0.29, 0.717) is 44.6 Å². The van der Waals surface area contributed by atoms with E-state index in [4.69, 9.17) is 9.47 Å². The first-order chi connectivity index (χ1) is 14.6. The summed E-state index contributed by atoms with van der Waals surface area (Å²) in [5.41, 5.74) is 1.98. The molecule has 0 aromatic heterocycles. The van der Waals surface area contributed by atoms with Crippen LogP contribution in [-0.4, -0.2) is 86.4 Å². The van der Waals surface area contributed by atoms with Crippen molar-refractivity contribution in [2.24, 2.45) is 0 Å². The molecule has 166 valence electrons. The summed E-state index contributed by atoms with van der Waals surface area (Å²) in [6.45, 7) is 11.6. The van der Waals surface area contributed by atoms with Crippen molar-refractivity contribution < 1.29 is 14.3 Å². The Balaban J connectivity index is 1.23. The van der Waals surface area contributed by atoms with Gasteiger partial charge in [-0.25, -0.2) is 0 Å². The second kappa shape index (κ2) is 10.1. The van der Waals surface area contributed by atoms with Gasteiger partial charge in [0.1, 0.15) is 0 Å². The lowest BCUT2D eigenvalue weighted by Gasteiger charge is -2.38. The average Bonchev–Trinajstić information content (AvgIpc) is 2.80. The Hall–Kier alpha value is -1.63. The van der Waals surface area contributed by atoms with Gasteiger partial charge in [-0.2, -0.15) is 0 Å². The Morgan fingerprint density at radius 3 is 2.03 bits per heavy atom. The van der Waals surface area contributed by atoms with Gasteiger partial charge in [0, 0.05) is 56.6 Å². The summed E-state index contributed by atoms with van der Waals surface area (Å²) in [4.78, 5) is 19.5. The van der Waals surface area contributed by atoms with E-state index in [-0.39, 0.29) is 5.91 Å². The Morgan fingerprint density at radius 2 is 1.47 bits per heavy atom. The molecule has 1 aromatic rings. The molecule has 0 N–H and O–H groups in total. The van der Waals surface area contributed by atoms with Gasteiger partial charge in [-0.1, -0.05) is 0 Å². The summed E-state index contributed by atoms with van der Waals surface area (Å²) in [7, 11) is 0. The lowest BCUT2D eigenvalue weighted by atomic mass is 10.0. The van der Waals surface area contributed by atoms with Crippen LogP contribution in [-0.2, 0) is 9.47 Å². The number of ether oxygens (including phenoxy) is 2. The van der Waals surface area contributed by atoms with E-state index in [1.54, 1.807) is 0 Å². The van der Waals surface area contributed by atoms with E-state index in [1.807, 2.05) is 17.0 Å². The fourth-order valence-electron chi connectivity index (χ4n) is 4.81. The fraction of sp³-hybridized carbons (Fsp3) is 0.708. The zero-order valence-electron chi connectivity index (χ0n) is 18.6. The summed E-state index contributed by atoms with van der Waals surface area (Å²) in [6.07, 6.45) is 5.31. The van der Waals surface area contributed by atoms with Gasteiger partial charge in [-0.15, -0.1) is 0 Å². The highest BCUT2D eigenvalue weighted by Crippen LogP contribution is 2.25. The van der Waals surface area contributed by atoms with E-state index in [2.05, 4.69) is 35.8 Å². The predicted molar refractivity (Wildman–Crippen MR) is 119 cm³/mol. The number of rotatable bonds is 5. The van der Waals surface area contributed by atoms with Gasteiger partial charge in [-0.05, 0) is 63.8 Å². The van der Waals surface area contributed by atoms with Crippen LogP contribution in [0.1, 0.15) is 49.9 Å². The molecular formula is C24H37N3O3. The molecule has 0 atom stereocenters. The van der Waals surface area contributed by atoms with Gasteiger partial charge >= 0.3 is 0 Å². The highest BCUT2D eigenvalue weighted by molar-refractivity contribution is 5.94. The summed E-state index contributed by atoms with van der Waals surface area (Å²) >= 11 is 0. The molecule has 6 heteroatoms. The second-order valence-corrected chi connectivity index (χ2v) is 9.10. The maximum atomic E-state index is 12.6. The number of piperidine rings is 2. The van der Waals surface area contributed by atoms with Crippen molar-refractivity contribution in [3.63, 3.8) is 0 Å². The number of amides is 1. The maximum absolute atomic E-state index is 12.6. The molecule has 30 heavy (non-hydrogen) atoms. The monoisotopic (exact) mass is 415 g/mol. The van der Waals surface area contributed by atoms with Gasteiger partial charge in [0.05, 0.1) is 25.4 Å². The largest absolute Gasteiger partial charge is 0.378 e. The number of benzene rings is 1. The van der Waals surface area contributed by atoms with E-state index in [1.165, 1.54) is 5.69 Å². The van der Waals surface area contributed by atoms with Crippen molar-refractivity contribution in [3.8, 4) is 0 Å². The lowest BCUT2D eigenvalue weighted by molar-refractivity contribution is -0.0540. The van der Waals surface area contributed by atoms with E-state index >= 15 is 0 Å². The van der Waals surface area contributed by atoms with Crippen molar-refractivity contribution in [2.75, 3.05) is 57.4 Å². The van der Waals surface area contributed by atoms with Crippen molar-refractivity contribution in [3.05, 3.63) is 29.8 Å². The SMILES string of the molecule is CC(C)N1CCC(OC2CCN(c3ccc(C(=O)N4CCOCC4)cc3)CC2)CC1. The topological polar surface area (TPSA) is 45.2 Å². The van der Waals surface area contributed by atoms with E-state index in [0.717, 1.165) is 57.4 Å². The van der Waals surface area contributed by atoms with Crippen molar-refractivity contribution >= 4 is 11.6 Å². The average molecular weight is 416 g/mol. The van der Waals surface area contributed by atoms with Gasteiger partial charge in [-0.3, -0.25) is 4.79 Å². The molecule has 3 aliphatic heterocycles. The van der Waals surface area contributed by atoms with Gasteiger partial charge in [0.25, 0.3) is 5.91 Å². The first-order valence-corrected chi connectivity index (χ1v) is 11.7. The smallest absolute Gasteiger partial charge is 0.254 e. The molecule has 3 fully saturated rings. The number of likely N-dealkylation sites (tertiary alicyclic amines) is 1. The third kappa shape index (κ3) is 5.34. The Morgan fingerprint density at radius 1 is 0.900 bits per heavy atom. The minimum absolute atomic E-state index is 0.112. The van der Waals surface area contributed by atoms with Crippen molar-refractivity contribution in [1.82, 2.24) is 9.80 Å². The van der Waals surface area contributed by atoms with E-state index in [9.17, 15) is 4.79 Å². The highest BCUT2D eigenvalue weighted by Gasteiger charge is 2.27. The molecule has 0 radical (unpaired) electrons. The molecule has 3 saturated heterocycles. The molecule has 1 aromatic carbocycles. The third-order valence-corrected chi connectivity index (χ3v) is 6.81. The third-order valence-electron chi connectivity index (χ3n) is 6.81. The molecule has 1 amide bonds. The van der Waals surface area contributed by atoms with Crippen LogP contribution in [0.25, 0.3) is 0 Å². The number of carbonyl (C=O) groups is 1. The molecule has 3 heterocycles. The molecule has 0 aliphatic carbocycles. The molecule has 6 nitrogen and oxygen atoms in total. The molecule has 0 bridgehead atoms. The van der Waals surface area contributed by atoms with Crippen LogP contribution in [0.5, 0.6) is 0 Å². The van der Waals surface area contributed by atoms with Gasteiger partial charge < -0.3 is 24.2 Å². The van der Waals surface area contributed by atoms with Crippen LogP contribution in [0.2, 0.25) is 0 Å². The van der Waals surface area contributed by atoms with E-state index < -0.39 is 0 Å². The Kier molecular flexibility index (Phi) is 7.28. The zero-order chi connectivity index (χ0) is 20.9. The number of nitrogens with zero attached hydrogens (tertiary/aromatic N) is 3. The van der Waals surface area contributed by atoms with Gasteiger partial charge in [0.15, 0.2) is 0 Å². The molecule has 0 spiro atoms. The minimum atomic E-state index is 0.112. The van der Waals surface area contributed by atoms with Crippen LogP contribution in [0, 0.1) is 0 Å². The second-order valence-electron chi connectivity index (χ2n) is 9.10. The Labute approximate surface area is 181 Å². The molecule has 4 rings (SSSR count). The minimum Gasteiger partial charge on any atom is -0.378 e. The summed E-state index contributed by atoms with van der Waals surface area (Å²) in [5.74, 6) is 0.112. The van der Waals surface area contributed by atoms with Crippen LogP contribution in [0.4, 0.5) is 5.69 Å². The molecule has 0 saturated carbocycles. The van der Waals surface area contributed by atoms with Crippen LogP contribution in [0.3, 0.4) is 0 Å². The van der Waals surface area contributed by atoms with Gasteiger partial charge in [0.2, 0.25) is 0 Å². The number of carbonyl (C=O) groups excluding carboxylic acids is 1. The van der Waals surface area contributed by atoms with Crippen LogP contribution in [0.15, 0.2) is 24.3 Å². The number of anilines is 1. The quantitative estimate of drug-likeness (QED) is 0.740. The summed E-state index contributed by atoms with van der Waals surface area (Å²) < 4.78 is 11.8. The van der Waals surface area contributed by atoms with Crippen LogP contribution >= 0.6 is 0 Å². The van der Waals surface area contributed by atoms with Crippen molar-refractivity contribution in [1.29, 1.82) is 0 Å². The summed E-state index contributed by atoms with van der Waals surface area (Å²) in [5, 5.41) is 0. The molecular weight excluding hydrogens is 378 g/mol. The molecule has 3 aliphatic rings. The number of hydrogen-bond donors (Lipinski definition) is 0. The first kappa shape index (κ1) is 21.6. The zero-order valence-corrected chi connectivity index (χ0v) is 18.6. The standard InChI is InChI=1S/C24H37N3O3/c1-19(2)25-11-7-22(8-12-25)30-23-9-13-26(14-10-23)21-5-3-20(4-6-21)24(28)27-15-17-29-18-16-27/h3-6,19,22-23H,7-18H2,1-2H3. The Bertz CT molecular complexity index is 671. The first-order valence-electron chi connectivity index (χ1n) is 11.7. The maximum Gasteiger partial charge on any atom is 0.254 e. The predicted octanol–water partition coefficient (Wildman–Crippen LogP) is 3.02. The number of morpholine rings is 1. The highest BCUT2D eigenvalue weighted by atomic mass is 16.5. The summed E-state index contributed by atoms with van der Waals surface area (Å²) in [6, 6.07) is 8.77. The normalized spacial score (nSPS) is 22.6. The fourth-order valence-corrected chi connectivity index (χ4v) is 4.81. The molecule has 0 unspecified atom stereocenters. The van der Waals surface area contributed by atoms with Crippen LogP contribution < -0.4 is 4.90 Å².